The van der Waals surface area contributed by atoms with Crippen molar-refractivity contribution in [2.45, 2.75) is 38.3 Å². The number of likely N-dealkylation sites (tertiary alicyclic amines) is 1. The van der Waals surface area contributed by atoms with Crippen LogP contribution in [0.4, 0.5) is 0 Å². The highest BCUT2D eigenvalue weighted by Gasteiger charge is 2.39. The van der Waals surface area contributed by atoms with Gasteiger partial charge < -0.3 is 10.0 Å². The molecule has 130 valence electrons. The number of amides is 1. The average molecular weight is 373 g/mol. The Bertz CT molecular complexity index is 890. The molecular weight excluding hydrogens is 352 g/mol. The highest BCUT2D eigenvalue weighted by Crippen LogP contribution is 2.36. The van der Waals surface area contributed by atoms with E-state index in [0.717, 1.165) is 32.9 Å². The van der Waals surface area contributed by atoms with Gasteiger partial charge in [0.15, 0.2) is 0 Å². The zero-order valence-electron chi connectivity index (χ0n) is 14.2. The summed E-state index contributed by atoms with van der Waals surface area (Å²) in [6.45, 7) is 4.27. The normalized spacial score (nSPS) is 18.2. The number of aliphatic hydroxyl groups is 1. The zero-order chi connectivity index (χ0) is 17.6. The molecule has 25 heavy (non-hydrogen) atoms. The van der Waals surface area contributed by atoms with Crippen molar-refractivity contribution in [3.63, 3.8) is 0 Å². The van der Waals surface area contributed by atoms with Crippen molar-refractivity contribution in [1.82, 2.24) is 9.88 Å². The van der Waals surface area contributed by atoms with Gasteiger partial charge in [-0.2, -0.15) is 0 Å². The predicted octanol–water partition coefficient (Wildman–Crippen LogP) is 4.40. The van der Waals surface area contributed by atoms with Gasteiger partial charge in [-0.1, -0.05) is 12.1 Å². The number of hydrogen-bond acceptors (Lipinski definition) is 5. The SMILES string of the molecule is CC(C)(O)C1CCCN1C(=O)c1ccc(-c2nc3ccccc3s2)s1. The maximum atomic E-state index is 12.9. The van der Waals surface area contributed by atoms with E-state index in [1.165, 1.54) is 11.3 Å². The number of nitrogens with zero attached hydrogens (tertiary/aromatic N) is 2. The molecule has 0 aliphatic carbocycles. The van der Waals surface area contributed by atoms with Crippen LogP contribution in [0.2, 0.25) is 0 Å². The summed E-state index contributed by atoms with van der Waals surface area (Å²) < 4.78 is 1.15. The molecule has 3 aromatic rings. The molecule has 2 aromatic heterocycles. The first-order valence-electron chi connectivity index (χ1n) is 8.42. The molecule has 0 bridgehead atoms. The number of thiazole rings is 1. The number of hydrogen-bond donors (Lipinski definition) is 1. The molecule has 1 unspecified atom stereocenters. The standard InChI is InChI=1S/C19H20N2O2S2/c1-19(2,23)16-8-5-11-21(16)18(22)15-10-9-14(24-15)17-20-12-6-3-4-7-13(12)25-17/h3-4,6-7,9-10,16,23H,5,8,11H2,1-2H3. The number of aromatic nitrogens is 1. The van der Waals surface area contributed by atoms with Gasteiger partial charge >= 0.3 is 0 Å². The van der Waals surface area contributed by atoms with Crippen LogP contribution >= 0.6 is 22.7 Å². The van der Waals surface area contributed by atoms with Crippen LogP contribution < -0.4 is 0 Å². The van der Waals surface area contributed by atoms with Gasteiger partial charge in [0.05, 0.1) is 31.6 Å². The lowest BCUT2D eigenvalue weighted by atomic mass is 9.96. The van der Waals surface area contributed by atoms with Gasteiger partial charge in [-0.05, 0) is 51.0 Å². The lowest BCUT2D eigenvalue weighted by Crippen LogP contribution is -2.48. The van der Waals surface area contributed by atoms with Gasteiger partial charge in [-0.25, -0.2) is 4.98 Å². The minimum Gasteiger partial charge on any atom is -0.388 e. The largest absolute Gasteiger partial charge is 0.388 e. The fourth-order valence-electron chi connectivity index (χ4n) is 3.43. The van der Waals surface area contributed by atoms with E-state index in [0.29, 0.717) is 11.4 Å². The minimum atomic E-state index is -0.876. The summed E-state index contributed by atoms with van der Waals surface area (Å²) in [5.41, 5.74) is 0.115. The molecule has 1 saturated heterocycles. The number of benzene rings is 1. The molecule has 1 fully saturated rings. The van der Waals surface area contributed by atoms with Crippen molar-refractivity contribution in [2.75, 3.05) is 6.54 Å². The summed E-state index contributed by atoms with van der Waals surface area (Å²) in [5.74, 6) is 0.0157. The van der Waals surface area contributed by atoms with Gasteiger partial charge in [0.25, 0.3) is 5.91 Å². The van der Waals surface area contributed by atoms with Crippen molar-refractivity contribution in [3.05, 3.63) is 41.3 Å². The molecule has 0 saturated carbocycles. The summed E-state index contributed by atoms with van der Waals surface area (Å²) in [4.78, 5) is 21.2. The maximum Gasteiger partial charge on any atom is 0.264 e. The van der Waals surface area contributed by atoms with E-state index in [4.69, 9.17) is 0 Å². The summed E-state index contributed by atoms with van der Waals surface area (Å²) in [6, 6.07) is 11.8. The Hall–Kier alpha value is -1.76. The molecule has 1 aliphatic rings. The predicted molar refractivity (Wildman–Crippen MR) is 103 cm³/mol. The molecule has 1 N–H and O–H groups in total. The monoisotopic (exact) mass is 372 g/mol. The molecule has 4 nitrogen and oxygen atoms in total. The molecule has 1 aliphatic heterocycles. The van der Waals surface area contributed by atoms with E-state index in [1.807, 2.05) is 35.2 Å². The van der Waals surface area contributed by atoms with Gasteiger partial charge in [-0.15, -0.1) is 22.7 Å². The summed E-state index contributed by atoms with van der Waals surface area (Å²) in [6.07, 6.45) is 1.79. The number of carbonyl (C=O) groups is 1. The third-order valence-electron chi connectivity index (χ3n) is 4.65. The van der Waals surface area contributed by atoms with Crippen LogP contribution in [-0.2, 0) is 0 Å². The van der Waals surface area contributed by atoms with Crippen molar-refractivity contribution in [3.8, 4) is 9.88 Å². The van der Waals surface area contributed by atoms with Crippen molar-refractivity contribution >= 4 is 38.8 Å². The molecule has 1 aromatic carbocycles. The Morgan fingerprint density at radius 3 is 2.80 bits per heavy atom. The molecule has 0 radical (unpaired) electrons. The fraction of sp³-hybridized carbons (Fsp3) is 0.368. The highest BCUT2D eigenvalue weighted by atomic mass is 32.1. The van der Waals surface area contributed by atoms with E-state index in [1.54, 1.807) is 25.2 Å². The van der Waals surface area contributed by atoms with Gasteiger partial charge in [0.1, 0.15) is 5.01 Å². The Labute approximate surface area is 154 Å². The average Bonchev–Trinajstić information content (AvgIpc) is 3.30. The molecule has 0 spiro atoms. The minimum absolute atomic E-state index is 0.0157. The van der Waals surface area contributed by atoms with E-state index in [9.17, 15) is 9.90 Å². The number of rotatable bonds is 3. The Kier molecular flexibility index (Phi) is 4.14. The second-order valence-electron chi connectivity index (χ2n) is 6.96. The molecule has 1 amide bonds. The zero-order valence-corrected chi connectivity index (χ0v) is 15.9. The van der Waals surface area contributed by atoms with Crippen LogP contribution in [0.15, 0.2) is 36.4 Å². The second kappa shape index (κ2) is 6.20. The second-order valence-corrected chi connectivity index (χ2v) is 9.08. The Balaban J connectivity index is 1.61. The first-order valence-corrected chi connectivity index (χ1v) is 10.1. The van der Waals surface area contributed by atoms with Crippen LogP contribution in [0.1, 0.15) is 36.4 Å². The maximum absolute atomic E-state index is 12.9. The Morgan fingerprint density at radius 2 is 2.04 bits per heavy atom. The van der Waals surface area contributed by atoms with Crippen molar-refractivity contribution < 1.29 is 9.90 Å². The summed E-state index contributed by atoms with van der Waals surface area (Å²) in [7, 11) is 0. The van der Waals surface area contributed by atoms with Gasteiger partial charge in [-0.3, -0.25) is 4.79 Å². The van der Waals surface area contributed by atoms with Gasteiger partial charge in [0, 0.05) is 6.54 Å². The van der Waals surface area contributed by atoms with Crippen LogP contribution in [0.25, 0.3) is 20.1 Å². The van der Waals surface area contributed by atoms with E-state index >= 15 is 0 Å². The number of carbonyl (C=O) groups excluding carboxylic acids is 1. The molecule has 3 heterocycles. The fourth-order valence-corrected chi connectivity index (χ4v) is 5.41. The third-order valence-corrected chi connectivity index (χ3v) is 6.93. The summed E-state index contributed by atoms with van der Waals surface area (Å²) >= 11 is 3.13. The summed E-state index contributed by atoms with van der Waals surface area (Å²) in [5, 5.41) is 11.3. The van der Waals surface area contributed by atoms with Crippen LogP contribution in [-0.4, -0.2) is 39.1 Å². The smallest absolute Gasteiger partial charge is 0.264 e. The van der Waals surface area contributed by atoms with Crippen LogP contribution in [0, 0.1) is 0 Å². The lowest BCUT2D eigenvalue weighted by Gasteiger charge is -2.33. The van der Waals surface area contributed by atoms with Crippen molar-refractivity contribution in [1.29, 1.82) is 0 Å². The first kappa shape index (κ1) is 16.7. The molecule has 6 heteroatoms. The molecule has 1 atom stereocenters. The number of para-hydroxylation sites is 1. The number of fused-ring (bicyclic) bond motifs is 1. The lowest BCUT2D eigenvalue weighted by molar-refractivity contribution is 0.000520. The van der Waals surface area contributed by atoms with E-state index in [2.05, 4.69) is 11.1 Å². The topological polar surface area (TPSA) is 53.4 Å². The Morgan fingerprint density at radius 1 is 1.24 bits per heavy atom. The third kappa shape index (κ3) is 3.10. The van der Waals surface area contributed by atoms with Gasteiger partial charge in [0.2, 0.25) is 0 Å². The van der Waals surface area contributed by atoms with Crippen LogP contribution in [0.3, 0.4) is 0 Å². The van der Waals surface area contributed by atoms with Crippen LogP contribution in [0.5, 0.6) is 0 Å². The van der Waals surface area contributed by atoms with E-state index < -0.39 is 5.60 Å². The van der Waals surface area contributed by atoms with E-state index in [-0.39, 0.29) is 11.9 Å². The molecule has 4 rings (SSSR count). The number of thiophene rings is 1. The quantitative estimate of drug-likeness (QED) is 0.741. The van der Waals surface area contributed by atoms with Crippen molar-refractivity contribution in [2.24, 2.45) is 0 Å². The first-order chi connectivity index (χ1) is 11.9. The highest BCUT2D eigenvalue weighted by molar-refractivity contribution is 7.26. The molecular formula is C19H20N2O2S2.